The predicted octanol–water partition coefficient (Wildman–Crippen LogP) is -0.0202. The Kier molecular flexibility index (Phi) is 3.64. The van der Waals surface area contributed by atoms with Crippen molar-refractivity contribution in [2.45, 2.75) is 10.6 Å². The van der Waals surface area contributed by atoms with Crippen LogP contribution in [0.15, 0.2) is 22.0 Å². The van der Waals surface area contributed by atoms with Gasteiger partial charge in [-0.15, -0.1) is 11.3 Å². The largest absolute Gasteiger partial charge is 0.398 e. The summed E-state index contributed by atoms with van der Waals surface area (Å²) in [7, 11) is -1.72. The molecular formula is C9H13N5O2S2. The number of aryl methyl sites for hydroxylation is 1. The molecule has 0 amide bonds. The lowest BCUT2D eigenvalue weighted by Gasteiger charge is -2.02. The molecule has 0 spiro atoms. The van der Waals surface area contributed by atoms with E-state index in [1.165, 1.54) is 6.07 Å². The molecule has 98 valence electrons. The Morgan fingerprint density at radius 1 is 1.56 bits per heavy atom. The van der Waals surface area contributed by atoms with E-state index in [0.29, 0.717) is 17.9 Å². The van der Waals surface area contributed by atoms with Crippen LogP contribution >= 0.6 is 11.3 Å². The van der Waals surface area contributed by atoms with Gasteiger partial charge in [0.15, 0.2) is 5.82 Å². The molecule has 0 aliphatic rings. The molecule has 0 aliphatic heterocycles. The van der Waals surface area contributed by atoms with E-state index >= 15 is 0 Å². The first-order chi connectivity index (χ1) is 8.47. The molecule has 0 fully saturated rings. The third kappa shape index (κ3) is 3.06. The minimum absolute atomic E-state index is 0.217. The Morgan fingerprint density at radius 3 is 2.89 bits per heavy atom. The first kappa shape index (κ1) is 13.0. The van der Waals surface area contributed by atoms with Crippen molar-refractivity contribution in [3.05, 3.63) is 23.6 Å². The van der Waals surface area contributed by atoms with Crippen molar-refractivity contribution in [1.82, 2.24) is 19.5 Å². The van der Waals surface area contributed by atoms with E-state index in [1.54, 1.807) is 23.4 Å². The van der Waals surface area contributed by atoms with Gasteiger partial charge in [0.25, 0.3) is 0 Å². The summed E-state index contributed by atoms with van der Waals surface area (Å²) in [6.07, 6.45) is 2.02. The summed E-state index contributed by atoms with van der Waals surface area (Å²) in [5.41, 5.74) is 5.94. The fourth-order valence-corrected chi connectivity index (χ4v) is 3.49. The molecule has 2 heterocycles. The van der Waals surface area contributed by atoms with Crippen LogP contribution in [0.4, 0.5) is 5.69 Å². The van der Waals surface area contributed by atoms with Crippen LogP contribution in [0.25, 0.3) is 0 Å². The van der Waals surface area contributed by atoms with Crippen LogP contribution < -0.4 is 10.5 Å². The third-order valence-electron chi connectivity index (χ3n) is 2.15. The molecule has 0 radical (unpaired) electrons. The Balaban J connectivity index is 1.93. The van der Waals surface area contributed by atoms with Crippen molar-refractivity contribution in [3.8, 4) is 0 Å². The molecule has 18 heavy (non-hydrogen) atoms. The number of nitrogens with two attached hydrogens (primary N) is 1. The van der Waals surface area contributed by atoms with Gasteiger partial charge in [-0.3, -0.25) is 4.68 Å². The Morgan fingerprint density at radius 2 is 2.33 bits per heavy atom. The molecule has 7 nitrogen and oxygen atoms in total. The van der Waals surface area contributed by atoms with Crippen LogP contribution in [-0.4, -0.2) is 29.7 Å². The molecule has 0 aromatic carbocycles. The van der Waals surface area contributed by atoms with E-state index < -0.39 is 10.0 Å². The summed E-state index contributed by atoms with van der Waals surface area (Å²) in [5, 5.41) is 5.65. The van der Waals surface area contributed by atoms with E-state index in [-0.39, 0.29) is 10.8 Å². The van der Waals surface area contributed by atoms with Gasteiger partial charge in [0, 0.05) is 31.1 Å². The van der Waals surface area contributed by atoms with Gasteiger partial charge in [0.1, 0.15) is 10.5 Å². The molecule has 0 atom stereocenters. The van der Waals surface area contributed by atoms with E-state index in [9.17, 15) is 8.42 Å². The highest BCUT2D eigenvalue weighted by molar-refractivity contribution is 7.91. The number of nitrogens with one attached hydrogen (secondary N) is 1. The minimum Gasteiger partial charge on any atom is -0.398 e. The van der Waals surface area contributed by atoms with E-state index in [0.717, 1.165) is 11.3 Å². The number of nitrogen functional groups attached to an aromatic ring is 1. The molecule has 0 bridgehead atoms. The maximum atomic E-state index is 11.8. The Bertz CT molecular complexity index is 631. The lowest BCUT2D eigenvalue weighted by Crippen LogP contribution is -2.25. The van der Waals surface area contributed by atoms with E-state index in [1.807, 2.05) is 0 Å². The Labute approximate surface area is 109 Å². The first-order valence-corrected chi connectivity index (χ1v) is 7.52. The maximum absolute atomic E-state index is 11.8. The van der Waals surface area contributed by atoms with Gasteiger partial charge in [-0.1, -0.05) is 0 Å². The fourth-order valence-electron chi connectivity index (χ4n) is 1.34. The summed E-state index contributed by atoms with van der Waals surface area (Å²) < 4.78 is 28.0. The average Bonchev–Trinajstić information content (AvgIpc) is 2.88. The zero-order valence-electron chi connectivity index (χ0n) is 9.70. The quantitative estimate of drug-likeness (QED) is 0.804. The van der Waals surface area contributed by atoms with Crippen LogP contribution in [0, 0.1) is 0 Å². The topological polar surface area (TPSA) is 103 Å². The average molecular weight is 287 g/mol. The van der Waals surface area contributed by atoms with Gasteiger partial charge in [-0.2, -0.15) is 5.10 Å². The summed E-state index contributed by atoms with van der Waals surface area (Å²) in [6, 6.07) is 1.44. The molecule has 0 saturated carbocycles. The van der Waals surface area contributed by atoms with Gasteiger partial charge in [0.05, 0.1) is 0 Å². The van der Waals surface area contributed by atoms with Crippen LogP contribution in [0.3, 0.4) is 0 Å². The second-order valence-electron chi connectivity index (χ2n) is 3.68. The van der Waals surface area contributed by atoms with Crippen molar-refractivity contribution in [3.63, 3.8) is 0 Å². The summed E-state index contributed by atoms with van der Waals surface area (Å²) in [6.45, 7) is 0.254. The van der Waals surface area contributed by atoms with Gasteiger partial charge >= 0.3 is 0 Å². The Hall–Kier alpha value is -1.45. The molecule has 2 aromatic heterocycles. The monoisotopic (exact) mass is 287 g/mol. The standard InChI is InChI=1S/C9H13N5O2S2/c1-14-6-11-8(13-14)2-3-12-18(15,16)9-4-7(10)5-17-9/h4-6,12H,2-3,10H2,1H3. The van der Waals surface area contributed by atoms with Crippen LogP contribution in [0.5, 0.6) is 0 Å². The number of nitrogens with zero attached hydrogens (tertiary/aromatic N) is 3. The van der Waals surface area contributed by atoms with Gasteiger partial charge < -0.3 is 5.73 Å². The number of aromatic nitrogens is 3. The summed E-state index contributed by atoms with van der Waals surface area (Å²) in [4.78, 5) is 4.01. The highest BCUT2D eigenvalue weighted by Gasteiger charge is 2.15. The molecule has 9 heteroatoms. The number of anilines is 1. The van der Waals surface area contributed by atoms with Crippen molar-refractivity contribution in [1.29, 1.82) is 0 Å². The zero-order valence-corrected chi connectivity index (χ0v) is 11.3. The second-order valence-corrected chi connectivity index (χ2v) is 6.59. The third-order valence-corrected chi connectivity index (χ3v) is 5.07. The molecule has 0 unspecified atom stereocenters. The van der Waals surface area contributed by atoms with Crippen molar-refractivity contribution in [2.24, 2.45) is 7.05 Å². The minimum atomic E-state index is -3.48. The van der Waals surface area contributed by atoms with Gasteiger partial charge in [0.2, 0.25) is 10.0 Å². The summed E-state index contributed by atoms with van der Waals surface area (Å²) in [5.74, 6) is 0.603. The highest BCUT2D eigenvalue weighted by atomic mass is 32.2. The van der Waals surface area contributed by atoms with Crippen LogP contribution in [0.1, 0.15) is 5.82 Å². The van der Waals surface area contributed by atoms with E-state index in [2.05, 4.69) is 14.8 Å². The van der Waals surface area contributed by atoms with Crippen molar-refractivity contribution in [2.75, 3.05) is 12.3 Å². The predicted molar refractivity (Wildman–Crippen MR) is 68.6 cm³/mol. The smallest absolute Gasteiger partial charge is 0.250 e. The van der Waals surface area contributed by atoms with Crippen LogP contribution in [0.2, 0.25) is 0 Å². The summed E-state index contributed by atoms with van der Waals surface area (Å²) >= 11 is 1.10. The normalized spacial score (nSPS) is 11.8. The maximum Gasteiger partial charge on any atom is 0.250 e. The number of rotatable bonds is 5. The van der Waals surface area contributed by atoms with Gasteiger partial charge in [-0.25, -0.2) is 18.1 Å². The van der Waals surface area contributed by atoms with Gasteiger partial charge in [-0.05, 0) is 6.07 Å². The van der Waals surface area contributed by atoms with Crippen LogP contribution in [-0.2, 0) is 23.5 Å². The fraction of sp³-hybridized carbons (Fsp3) is 0.333. The number of hydrogen-bond acceptors (Lipinski definition) is 6. The molecule has 2 rings (SSSR count). The SMILES string of the molecule is Cn1cnc(CCNS(=O)(=O)c2cc(N)cs2)n1. The second kappa shape index (κ2) is 5.04. The van der Waals surface area contributed by atoms with E-state index in [4.69, 9.17) is 5.73 Å². The van der Waals surface area contributed by atoms with Crippen molar-refractivity contribution < 1.29 is 8.42 Å². The number of thiophene rings is 1. The molecule has 2 aromatic rings. The lowest BCUT2D eigenvalue weighted by atomic mass is 10.4. The highest BCUT2D eigenvalue weighted by Crippen LogP contribution is 2.21. The molecule has 0 aliphatic carbocycles. The first-order valence-electron chi connectivity index (χ1n) is 5.15. The molecule has 0 saturated heterocycles. The van der Waals surface area contributed by atoms with Crippen molar-refractivity contribution >= 4 is 27.0 Å². The number of sulfonamides is 1. The molecule has 3 N–H and O–H groups in total. The number of hydrogen-bond donors (Lipinski definition) is 2. The molecular weight excluding hydrogens is 274 g/mol. The lowest BCUT2D eigenvalue weighted by molar-refractivity contribution is 0.582. The zero-order chi connectivity index (χ0) is 13.2.